The summed E-state index contributed by atoms with van der Waals surface area (Å²) in [6.45, 7) is 3.53. The van der Waals surface area contributed by atoms with Gasteiger partial charge in [0.1, 0.15) is 5.69 Å². The highest BCUT2D eigenvalue weighted by molar-refractivity contribution is 6.30. The predicted molar refractivity (Wildman–Crippen MR) is 88.6 cm³/mol. The van der Waals surface area contributed by atoms with Gasteiger partial charge in [-0.3, -0.25) is 9.78 Å². The van der Waals surface area contributed by atoms with Gasteiger partial charge < -0.3 is 15.5 Å². The largest absolute Gasteiger partial charge is 0.368 e. The van der Waals surface area contributed by atoms with Gasteiger partial charge in [-0.2, -0.15) is 0 Å². The molecule has 0 aliphatic carbocycles. The lowest BCUT2D eigenvalue weighted by Gasteiger charge is -2.37. The van der Waals surface area contributed by atoms with E-state index in [0.717, 1.165) is 42.6 Å². The number of primary amides is 1. The van der Waals surface area contributed by atoms with Gasteiger partial charge in [0.25, 0.3) is 5.91 Å². The Morgan fingerprint density at radius 1 is 1.05 bits per heavy atom. The number of nitrogens with two attached hydrogens (primary N) is 1. The summed E-state index contributed by atoms with van der Waals surface area (Å²) in [4.78, 5) is 19.7. The second-order valence-electron chi connectivity index (χ2n) is 5.22. The van der Waals surface area contributed by atoms with Crippen LogP contribution in [0.5, 0.6) is 0 Å². The number of rotatable bonds is 3. The maximum absolute atomic E-state index is 11.2. The van der Waals surface area contributed by atoms with Gasteiger partial charge in [-0.25, -0.2) is 0 Å². The van der Waals surface area contributed by atoms with E-state index in [4.69, 9.17) is 17.3 Å². The summed E-state index contributed by atoms with van der Waals surface area (Å²) in [5.74, 6) is -0.501. The molecule has 114 valence electrons. The molecule has 6 heteroatoms. The zero-order valence-corrected chi connectivity index (χ0v) is 12.8. The number of nitrogens with zero attached hydrogens (tertiary/aromatic N) is 3. The molecule has 2 heterocycles. The maximum Gasteiger partial charge on any atom is 0.267 e. The number of hydrogen-bond donors (Lipinski definition) is 1. The van der Waals surface area contributed by atoms with Crippen molar-refractivity contribution in [3.8, 4) is 0 Å². The number of carbonyl (C=O) groups excluding carboxylic acids is 1. The number of piperazine rings is 1. The van der Waals surface area contributed by atoms with Crippen molar-refractivity contribution in [2.75, 3.05) is 36.0 Å². The first-order valence-corrected chi connectivity index (χ1v) is 7.52. The summed E-state index contributed by atoms with van der Waals surface area (Å²) in [5, 5.41) is 0.750. The van der Waals surface area contributed by atoms with Gasteiger partial charge in [0.05, 0.1) is 0 Å². The van der Waals surface area contributed by atoms with Gasteiger partial charge in [-0.15, -0.1) is 0 Å². The van der Waals surface area contributed by atoms with E-state index in [-0.39, 0.29) is 0 Å². The molecule has 22 heavy (non-hydrogen) atoms. The summed E-state index contributed by atoms with van der Waals surface area (Å²) >= 11 is 6.05. The highest BCUT2D eigenvalue weighted by Crippen LogP contribution is 2.23. The number of carbonyl (C=O) groups is 1. The minimum Gasteiger partial charge on any atom is -0.368 e. The van der Waals surface area contributed by atoms with E-state index in [1.54, 1.807) is 12.3 Å². The number of pyridine rings is 1. The molecule has 1 fully saturated rings. The molecular formula is C16H17ClN4O. The van der Waals surface area contributed by atoms with Gasteiger partial charge in [-0.05, 0) is 30.3 Å². The molecule has 1 amide bonds. The molecule has 1 aromatic carbocycles. The minimum atomic E-state index is -0.501. The number of anilines is 2. The molecule has 0 radical (unpaired) electrons. The van der Waals surface area contributed by atoms with Crippen LogP contribution in [0, 0.1) is 0 Å². The first-order valence-electron chi connectivity index (χ1n) is 7.15. The smallest absolute Gasteiger partial charge is 0.267 e. The fourth-order valence-corrected chi connectivity index (χ4v) is 2.83. The molecule has 1 aliphatic heterocycles. The average molecular weight is 317 g/mol. The van der Waals surface area contributed by atoms with Crippen molar-refractivity contribution in [3.05, 3.63) is 53.3 Å². The van der Waals surface area contributed by atoms with Gasteiger partial charge in [0.15, 0.2) is 0 Å². The molecule has 3 rings (SSSR count). The van der Waals surface area contributed by atoms with Crippen LogP contribution in [0.15, 0.2) is 42.6 Å². The van der Waals surface area contributed by atoms with Gasteiger partial charge in [0.2, 0.25) is 0 Å². The van der Waals surface area contributed by atoms with Gasteiger partial charge in [-0.1, -0.05) is 17.7 Å². The Balaban J connectivity index is 1.69. The van der Waals surface area contributed by atoms with Gasteiger partial charge >= 0.3 is 0 Å². The summed E-state index contributed by atoms with van der Waals surface area (Å²) in [6.07, 6.45) is 1.62. The Morgan fingerprint density at radius 3 is 2.27 bits per heavy atom. The molecule has 2 aromatic rings. The molecule has 1 aromatic heterocycles. The van der Waals surface area contributed by atoms with E-state index in [2.05, 4.69) is 20.9 Å². The normalized spacial score (nSPS) is 15.0. The van der Waals surface area contributed by atoms with E-state index in [1.165, 1.54) is 0 Å². The van der Waals surface area contributed by atoms with Crippen molar-refractivity contribution in [2.24, 2.45) is 5.73 Å². The SMILES string of the molecule is NC(=O)c1cc(N2CCN(c3cccc(Cl)c3)CC2)ccn1. The second kappa shape index (κ2) is 6.23. The highest BCUT2D eigenvalue weighted by Gasteiger charge is 2.18. The quantitative estimate of drug-likeness (QED) is 0.942. The van der Waals surface area contributed by atoms with Crippen LogP contribution >= 0.6 is 11.6 Å². The van der Waals surface area contributed by atoms with Crippen molar-refractivity contribution in [2.45, 2.75) is 0 Å². The van der Waals surface area contributed by atoms with E-state index in [9.17, 15) is 4.79 Å². The molecule has 1 aliphatic rings. The van der Waals surface area contributed by atoms with Crippen LogP contribution in [0.2, 0.25) is 5.02 Å². The summed E-state index contributed by atoms with van der Waals surface area (Å²) < 4.78 is 0. The molecule has 0 bridgehead atoms. The first kappa shape index (κ1) is 14.7. The molecule has 2 N–H and O–H groups in total. The third-order valence-corrected chi connectivity index (χ3v) is 4.05. The van der Waals surface area contributed by atoms with Crippen LogP contribution in [-0.2, 0) is 0 Å². The standard InChI is InChI=1S/C16H17ClN4O/c17-12-2-1-3-13(10-12)20-6-8-21(9-7-20)14-4-5-19-15(11-14)16(18)22/h1-5,10-11H,6-9H2,(H2,18,22). The highest BCUT2D eigenvalue weighted by atomic mass is 35.5. The number of hydrogen-bond acceptors (Lipinski definition) is 4. The summed E-state index contributed by atoms with van der Waals surface area (Å²) in [6, 6.07) is 11.5. The second-order valence-corrected chi connectivity index (χ2v) is 5.65. The van der Waals surface area contributed by atoms with Crippen molar-refractivity contribution < 1.29 is 4.79 Å². The zero-order chi connectivity index (χ0) is 15.5. The van der Waals surface area contributed by atoms with Crippen LogP contribution in [0.1, 0.15) is 10.5 Å². The zero-order valence-electron chi connectivity index (χ0n) is 12.1. The number of aromatic nitrogens is 1. The van der Waals surface area contributed by atoms with Crippen LogP contribution in [0.4, 0.5) is 11.4 Å². The lowest BCUT2D eigenvalue weighted by molar-refractivity contribution is 0.0995. The van der Waals surface area contributed by atoms with Crippen molar-refractivity contribution in [1.82, 2.24) is 4.98 Å². The minimum absolute atomic E-state index is 0.301. The maximum atomic E-state index is 11.2. The third kappa shape index (κ3) is 3.14. The Hall–Kier alpha value is -2.27. The molecule has 0 spiro atoms. The van der Waals surface area contributed by atoms with Crippen LogP contribution in [0.3, 0.4) is 0 Å². The molecule has 0 unspecified atom stereocenters. The number of halogens is 1. The Kier molecular flexibility index (Phi) is 4.15. The Bertz CT molecular complexity index is 683. The number of amides is 1. The topological polar surface area (TPSA) is 62.5 Å². The van der Waals surface area contributed by atoms with Crippen molar-refractivity contribution in [1.29, 1.82) is 0 Å². The van der Waals surface area contributed by atoms with Crippen LogP contribution in [0.25, 0.3) is 0 Å². The molecule has 0 atom stereocenters. The van der Waals surface area contributed by atoms with E-state index in [0.29, 0.717) is 5.69 Å². The van der Waals surface area contributed by atoms with Gasteiger partial charge in [0, 0.05) is 48.8 Å². The molecular weight excluding hydrogens is 300 g/mol. The fraction of sp³-hybridized carbons (Fsp3) is 0.250. The lowest BCUT2D eigenvalue weighted by atomic mass is 10.2. The van der Waals surface area contributed by atoms with Crippen molar-refractivity contribution in [3.63, 3.8) is 0 Å². The number of benzene rings is 1. The Morgan fingerprint density at radius 2 is 1.68 bits per heavy atom. The van der Waals surface area contributed by atoms with Crippen LogP contribution < -0.4 is 15.5 Å². The van der Waals surface area contributed by atoms with E-state index in [1.807, 2.05) is 24.3 Å². The predicted octanol–water partition coefficient (Wildman–Crippen LogP) is 2.16. The van der Waals surface area contributed by atoms with E-state index < -0.39 is 5.91 Å². The Labute approximate surface area is 134 Å². The monoisotopic (exact) mass is 316 g/mol. The first-order chi connectivity index (χ1) is 10.6. The lowest BCUT2D eigenvalue weighted by Crippen LogP contribution is -2.46. The van der Waals surface area contributed by atoms with E-state index >= 15 is 0 Å². The molecule has 5 nitrogen and oxygen atoms in total. The molecule has 1 saturated heterocycles. The summed E-state index contributed by atoms with van der Waals surface area (Å²) in [7, 11) is 0. The third-order valence-electron chi connectivity index (χ3n) is 3.81. The van der Waals surface area contributed by atoms with Crippen molar-refractivity contribution >= 4 is 28.9 Å². The average Bonchev–Trinajstić information content (AvgIpc) is 2.55. The molecule has 0 saturated carbocycles. The van der Waals surface area contributed by atoms with Crippen LogP contribution in [-0.4, -0.2) is 37.1 Å². The summed E-state index contributed by atoms with van der Waals surface area (Å²) in [5.41, 5.74) is 7.70. The fourth-order valence-electron chi connectivity index (χ4n) is 2.65.